The third kappa shape index (κ3) is 3.49. The fraction of sp³-hybridized carbons (Fsp3) is 0.154. The van der Waals surface area contributed by atoms with Gasteiger partial charge in [0, 0.05) is 23.9 Å². The van der Waals surface area contributed by atoms with Gasteiger partial charge in [-0.15, -0.1) is 0 Å². The van der Waals surface area contributed by atoms with Crippen LogP contribution in [-0.2, 0) is 12.7 Å². The fourth-order valence-corrected chi connectivity index (χ4v) is 2.30. The number of aromatic nitrogens is 1. The van der Waals surface area contributed by atoms with E-state index in [4.69, 9.17) is 28.4 Å². The Morgan fingerprint density at radius 2 is 1.82 bits per heavy atom. The quantitative estimate of drug-likeness (QED) is 0.620. The first-order valence-corrected chi connectivity index (χ1v) is 6.57. The predicted molar refractivity (Wildman–Crippen MR) is 73.3 cm³/mol. The topological polar surface area (TPSA) is 45.1 Å². The summed E-state index contributed by atoms with van der Waals surface area (Å²) in [4.78, 5) is 3.66. The Balaban J connectivity index is 2.54. The normalized spacial score (nSPS) is 11.8. The zero-order valence-electron chi connectivity index (χ0n) is 10.7. The van der Waals surface area contributed by atoms with Crippen molar-refractivity contribution in [3.63, 3.8) is 0 Å². The summed E-state index contributed by atoms with van der Waals surface area (Å²) in [6.07, 6.45) is -3.96. The van der Waals surface area contributed by atoms with Crippen molar-refractivity contribution in [3.05, 3.63) is 51.4 Å². The van der Waals surface area contributed by atoms with Crippen LogP contribution in [0, 0.1) is 5.82 Å². The van der Waals surface area contributed by atoms with Crippen LogP contribution >= 0.6 is 23.2 Å². The average Bonchev–Trinajstić information content (AvgIpc) is 2.41. The summed E-state index contributed by atoms with van der Waals surface area (Å²) < 4.78 is 51.4. The Morgan fingerprint density at radius 3 is 2.36 bits per heavy atom. The molecule has 0 atom stereocenters. The smallest absolute Gasteiger partial charge is 0.316 e. The van der Waals surface area contributed by atoms with E-state index in [1.54, 1.807) is 5.48 Å². The molecule has 3 nitrogen and oxygen atoms in total. The van der Waals surface area contributed by atoms with Gasteiger partial charge in [0.2, 0.25) is 0 Å². The van der Waals surface area contributed by atoms with E-state index >= 15 is 0 Å². The highest BCUT2D eigenvalue weighted by Gasteiger charge is 2.31. The Kier molecular flexibility index (Phi) is 4.91. The molecule has 9 heteroatoms. The summed E-state index contributed by atoms with van der Waals surface area (Å²) in [6, 6.07) is 2.94. The van der Waals surface area contributed by atoms with Crippen LogP contribution in [-0.4, -0.2) is 10.2 Å². The van der Waals surface area contributed by atoms with Crippen LogP contribution in [0.25, 0.3) is 11.3 Å². The minimum atomic E-state index is -4.58. The Labute approximate surface area is 132 Å². The molecule has 0 spiro atoms. The molecule has 0 aliphatic carbocycles. The molecule has 2 N–H and O–H groups in total. The number of halogens is 6. The zero-order chi connectivity index (χ0) is 16.5. The molecular weight excluding hydrogens is 347 g/mol. The maximum absolute atomic E-state index is 13.6. The van der Waals surface area contributed by atoms with Gasteiger partial charge in [-0.3, -0.25) is 4.98 Å². The standard InChI is InChI=1S/C13H8Cl2F4N2O/c14-9-3-11(16)6(4-21-22)1-8(9)12-10(15)2-7(5-20-12)13(17,18)19/h1-3,5,21-22H,4H2. The molecular formula is C13H8Cl2F4N2O. The first-order chi connectivity index (χ1) is 10.2. The van der Waals surface area contributed by atoms with Gasteiger partial charge < -0.3 is 5.21 Å². The van der Waals surface area contributed by atoms with Crippen LogP contribution < -0.4 is 5.48 Å². The number of hydrogen-bond donors (Lipinski definition) is 2. The number of alkyl halides is 3. The van der Waals surface area contributed by atoms with E-state index in [9.17, 15) is 17.6 Å². The molecule has 0 unspecified atom stereocenters. The van der Waals surface area contributed by atoms with E-state index in [1.807, 2.05) is 0 Å². The van der Waals surface area contributed by atoms with Crippen molar-refractivity contribution in [2.24, 2.45) is 0 Å². The van der Waals surface area contributed by atoms with Gasteiger partial charge in [-0.1, -0.05) is 23.2 Å². The molecule has 1 aromatic heterocycles. The molecule has 0 aliphatic heterocycles. The Hall–Kier alpha value is -1.41. The SMILES string of the molecule is ONCc1cc(-c2ncc(C(F)(F)F)cc2Cl)c(Cl)cc1F. The molecule has 1 heterocycles. The van der Waals surface area contributed by atoms with E-state index in [2.05, 4.69) is 4.98 Å². The van der Waals surface area contributed by atoms with E-state index < -0.39 is 17.6 Å². The third-order valence-corrected chi connectivity index (χ3v) is 3.43. The summed E-state index contributed by atoms with van der Waals surface area (Å²) in [5.74, 6) is -0.682. The van der Waals surface area contributed by atoms with Gasteiger partial charge in [0.1, 0.15) is 5.82 Å². The van der Waals surface area contributed by atoms with E-state index in [0.717, 1.165) is 6.07 Å². The van der Waals surface area contributed by atoms with Gasteiger partial charge in [0.05, 0.1) is 21.3 Å². The second-order valence-corrected chi connectivity index (χ2v) is 5.12. The molecule has 0 radical (unpaired) electrons. The lowest BCUT2D eigenvalue weighted by atomic mass is 10.1. The summed E-state index contributed by atoms with van der Waals surface area (Å²) >= 11 is 11.7. The highest BCUT2D eigenvalue weighted by Crippen LogP contribution is 2.37. The first-order valence-electron chi connectivity index (χ1n) is 5.82. The number of benzene rings is 1. The van der Waals surface area contributed by atoms with Crippen molar-refractivity contribution >= 4 is 23.2 Å². The maximum Gasteiger partial charge on any atom is 0.417 e. The van der Waals surface area contributed by atoms with E-state index in [0.29, 0.717) is 12.3 Å². The van der Waals surface area contributed by atoms with Crippen LogP contribution in [0.3, 0.4) is 0 Å². The number of hydroxylamine groups is 1. The molecule has 22 heavy (non-hydrogen) atoms. The van der Waals surface area contributed by atoms with Gasteiger partial charge in [0.15, 0.2) is 0 Å². The zero-order valence-corrected chi connectivity index (χ0v) is 12.2. The highest BCUT2D eigenvalue weighted by atomic mass is 35.5. The Bertz CT molecular complexity index is 707. The van der Waals surface area contributed by atoms with Gasteiger partial charge in [-0.25, -0.2) is 9.87 Å². The summed E-state index contributed by atoms with van der Waals surface area (Å²) in [7, 11) is 0. The van der Waals surface area contributed by atoms with Crippen molar-refractivity contribution in [3.8, 4) is 11.3 Å². The fourth-order valence-electron chi connectivity index (χ4n) is 1.79. The van der Waals surface area contributed by atoms with Gasteiger partial charge in [-0.2, -0.15) is 13.2 Å². The largest absolute Gasteiger partial charge is 0.417 e. The monoisotopic (exact) mass is 354 g/mol. The number of pyridine rings is 1. The lowest BCUT2D eigenvalue weighted by Gasteiger charge is -2.12. The molecule has 2 rings (SSSR count). The summed E-state index contributed by atoms with van der Waals surface area (Å²) in [5.41, 5.74) is 0.978. The number of hydrogen-bond acceptors (Lipinski definition) is 3. The van der Waals surface area contributed by atoms with Crippen molar-refractivity contribution in [2.45, 2.75) is 12.7 Å². The molecule has 118 valence electrons. The average molecular weight is 355 g/mol. The predicted octanol–water partition coefficient (Wildman–Crippen LogP) is 4.69. The molecule has 0 saturated carbocycles. The molecule has 1 aromatic carbocycles. The number of rotatable bonds is 3. The molecule has 0 fully saturated rings. The number of nitrogens with zero attached hydrogens (tertiary/aromatic N) is 1. The van der Waals surface area contributed by atoms with Crippen LogP contribution in [0.4, 0.5) is 17.6 Å². The minimum Gasteiger partial charge on any atom is -0.316 e. The second kappa shape index (κ2) is 6.37. The van der Waals surface area contributed by atoms with Crippen LogP contribution in [0.5, 0.6) is 0 Å². The Morgan fingerprint density at radius 1 is 1.14 bits per heavy atom. The summed E-state index contributed by atoms with van der Waals surface area (Å²) in [5, 5.41) is 8.31. The van der Waals surface area contributed by atoms with Gasteiger partial charge >= 0.3 is 6.18 Å². The number of nitrogens with one attached hydrogen (secondary N) is 1. The van der Waals surface area contributed by atoms with Crippen LogP contribution in [0.2, 0.25) is 10.0 Å². The van der Waals surface area contributed by atoms with Crippen molar-refractivity contribution in [1.29, 1.82) is 0 Å². The van der Waals surface area contributed by atoms with E-state index in [-0.39, 0.29) is 33.4 Å². The van der Waals surface area contributed by atoms with Crippen molar-refractivity contribution in [2.75, 3.05) is 0 Å². The van der Waals surface area contributed by atoms with E-state index in [1.165, 1.54) is 6.07 Å². The van der Waals surface area contributed by atoms with Crippen LogP contribution in [0.1, 0.15) is 11.1 Å². The maximum atomic E-state index is 13.6. The highest BCUT2D eigenvalue weighted by molar-refractivity contribution is 6.36. The lowest BCUT2D eigenvalue weighted by molar-refractivity contribution is -0.137. The van der Waals surface area contributed by atoms with Crippen molar-refractivity contribution in [1.82, 2.24) is 10.5 Å². The molecule has 0 amide bonds. The molecule has 2 aromatic rings. The van der Waals surface area contributed by atoms with Gasteiger partial charge in [-0.05, 0) is 18.2 Å². The van der Waals surface area contributed by atoms with Crippen molar-refractivity contribution < 1.29 is 22.8 Å². The molecule has 0 aliphatic rings. The third-order valence-electron chi connectivity index (χ3n) is 2.83. The first kappa shape index (κ1) is 17.0. The molecule has 0 bridgehead atoms. The second-order valence-electron chi connectivity index (χ2n) is 4.31. The summed E-state index contributed by atoms with van der Waals surface area (Å²) in [6.45, 7) is -0.214. The van der Waals surface area contributed by atoms with Gasteiger partial charge in [0.25, 0.3) is 0 Å². The van der Waals surface area contributed by atoms with Crippen LogP contribution in [0.15, 0.2) is 24.4 Å². The lowest BCUT2D eigenvalue weighted by Crippen LogP contribution is -2.08. The molecule has 0 saturated heterocycles. The minimum absolute atomic E-state index is 0.0149.